The molecule has 2 rings (SSSR count). The SMILES string of the molecule is C[N+]1(CCCNC(=O)NCCC[N+]2(C)C=CN=C2)C=CN=C1. The van der Waals surface area contributed by atoms with Crippen molar-refractivity contribution in [3.05, 3.63) is 24.8 Å². The van der Waals surface area contributed by atoms with E-state index in [-0.39, 0.29) is 6.03 Å². The molecule has 0 spiro atoms. The van der Waals surface area contributed by atoms with Crippen LogP contribution in [-0.4, -0.2) is 67.9 Å². The number of nitrogens with zero attached hydrogens (tertiary/aromatic N) is 4. The predicted octanol–water partition coefficient (Wildman–Crippen LogP) is 0.985. The van der Waals surface area contributed by atoms with Gasteiger partial charge >= 0.3 is 6.03 Å². The van der Waals surface area contributed by atoms with Gasteiger partial charge in [-0.15, -0.1) is 0 Å². The van der Waals surface area contributed by atoms with E-state index in [9.17, 15) is 4.79 Å². The van der Waals surface area contributed by atoms with E-state index in [0.717, 1.165) is 25.9 Å². The molecule has 0 aromatic carbocycles. The molecule has 2 unspecified atom stereocenters. The van der Waals surface area contributed by atoms with Crippen molar-refractivity contribution in [1.29, 1.82) is 0 Å². The van der Waals surface area contributed by atoms with Gasteiger partial charge in [0.15, 0.2) is 12.7 Å². The summed E-state index contributed by atoms with van der Waals surface area (Å²) in [6, 6.07) is -0.0958. The highest BCUT2D eigenvalue weighted by Crippen LogP contribution is 2.08. The molecular formula is C15H26N6O+2. The summed E-state index contributed by atoms with van der Waals surface area (Å²) in [5, 5.41) is 5.78. The molecule has 0 bridgehead atoms. The minimum Gasteiger partial charge on any atom is -0.338 e. The third kappa shape index (κ3) is 5.09. The number of carbonyl (C=O) groups is 1. The van der Waals surface area contributed by atoms with Gasteiger partial charge in [-0.05, 0) is 0 Å². The molecule has 2 atom stereocenters. The molecule has 0 aliphatic carbocycles. The third-order valence-corrected chi connectivity index (χ3v) is 3.85. The van der Waals surface area contributed by atoms with Crippen molar-refractivity contribution in [3.8, 4) is 0 Å². The maximum absolute atomic E-state index is 11.7. The van der Waals surface area contributed by atoms with Gasteiger partial charge in [0, 0.05) is 25.9 Å². The Morgan fingerprint density at radius 2 is 1.36 bits per heavy atom. The van der Waals surface area contributed by atoms with E-state index in [1.54, 1.807) is 0 Å². The maximum Gasteiger partial charge on any atom is 0.314 e. The molecule has 2 aliphatic rings. The van der Waals surface area contributed by atoms with Crippen LogP contribution in [0.3, 0.4) is 0 Å². The average molecular weight is 306 g/mol. The lowest BCUT2D eigenvalue weighted by molar-refractivity contribution is -0.756. The van der Waals surface area contributed by atoms with Gasteiger partial charge < -0.3 is 10.6 Å². The molecule has 2 aliphatic heterocycles. The lowest BCUT2D eigenvalue weighted by atomic mass is 10.3. The Labute approximate surface area is 131 Å². The average Bonchev–Trinajstić information content (AvgIpc) is 3.10. The first kappa shape index (κ1) is 16.4. The summed E-state index contributed by atoms with van der Waals surface area (Å²) >= 11 is 0. The summed E-state index contributed by atoms with van der Waals surface area (Å²) in [4.78, 5) is 19.9. The van der Waals surface area contributed by atoms with E-state index in [4.69, 9.17) is 0 Å². The summed E-state index contributed by atoms with van der Waals surface area (Å²) in [7, 11) is 4.18. The smallest absolute Gasteiger partial charge is 0.314 e. The number of rotatable bonds is 8. The number of urea groups is 1. The van der Waals surface area contributed by atoms with E-state index in [2.05, 4.69) is 34.7 Å². The minimum absolute atomic E-state index is 0.0958. The zero-order valence-corrected chi connectivity index (χ0v) is 13.4. The summed E-state index contributed by atoms with van der Waals surface area (Å²) in [6.07, 6.45) is 13.3. The van der Waals surface area contributed by atoms with E-state index in [0.29, 0.717) is 22.1 Å². The second-order valence-corrected chi connectivity index (χ2v) is 6.16. The molecule has 0 aromatic heterocycles. The molecular weight excluding hydrogens is 280 g/mol. The summed E-state index contributed by atoms with van der Waals surface area (Å²) in [6.45, 7) is 3.21. The van der Waals surface area contributed by atoms with Crippen LogP contribution < -0.4 is 10.6 Å². The minimum atomic E-state index is -0.0958. The van der Waals surface area contributed by atoms with E-state index in [1.165, 1.54) is 0 Å². The first-order chi connectivity index (χ1) is 10.5. The van der Waals surface area contributed by atoms with Gasteiger partial charge in [0.2, 0.25) is 0 Å². The van der Waals surface area contributed by atoms with Crippen LogP contribution >= 0.6 is 0 Å². The van der Waals surface area contributed by atoms with E-state index < -0.39 is 0 Å². The molecule has 0 saturated carbocycles. The van der Waals surface area contributed by atoms with Crippen LogP contribution in [0.1, 0.15) is 12.8 Å². The van der Waals surface area contributed by atoms with Crippen molar-refractivity contribution < 1.29 is 13.8 Å². The van der Waals surface area contributed by atoms with E-state index in [1.807, 2.05) is 37.5 Å². The van der Waals surface area contributed by atoms with Crippen molar-refractivity contribution in [2.24, 2.45) is 9.98 Å². The molecule has 0 saturated heterocycles. The number of aliphatic imine (C=N–C) groups is 2. The number of amides is 2. The van der Waals surface area contributed by atoms with Gasteiger partial charge in [0.1, 0.15) is 12.4 Å². The molecule has 2 N–H and O–H groups in total. The lowest BCUT2D eigenvalue weighted by Crippen LogP contribution is -2.41. The largest absolute Gasteiger partial charge is 0.338 e. The highest BCUT2D eigenvalue weighted by Gasteiger charge is 2.19. The summed E-state index contributed by atoms with van der Waals surface area (Å²) < 4.78 is 1.41. The standard InChI is InChI=1S/C15H25N6O/c1-20(11-7-16-13-20)9-3-5-18-15(22)19-6-4-10-21(2)12-8-17-14-21/h7-8,11-14H,3-6,9-10H2,1-2H3,(H-,18,19,22)/q+1/p+1. The summed E-state index contributed by atoms with van der Waals surface area (Å²) in [5.41, 5.74) is 0. The van der Waals surface area contributed by atoms with Gasteiger partial charge in [-0.25, -0.2) is 14.8 Å². The Balaban J connectivity index is 1.49. The Kier molecular flexibility index (Phi) is 5.46. The van der Waals surface area contributed by atoms with E-state index >= 15 is 0 Å². The van der Waals surface area contributed by atoms with Crippen molar-refractivity contribution in [2.75, 3.05) is 40.3 Å². The van der Waals surface area contributed by atoms with Gasteiger partial charge in [-0.2, -0.15) is 0 Å². The molecule has 22 heavy (non-hydrogen) atoms. The van der Waals surface area contributed by atoms with Crippen molar-refractivity contribution in [2.45, 2.75) is 12.8 Å². The molecule has 120 valence electrons. The molecule has 0 radical (unpaired) electrons. The second kappa shape index (κ2) is 7.33. The number of quaternary nitrogens is 2. The Hall–Kier alpha value is -1.99. The fourth-order valence-electron chi connectivity index (χ4n) is 2.41. The molecule has 7 nitrogen and oxygen atoms in total. The maximum atomic E-state index is 11.7. The zero-order chi connectivity index (χ0) is 15.9. The zero-order valence-electron chi connectivity index (χ0n) is 13.4. The van der Waals surface area contributed by atoms with Crippen LogP contribution in [0.25, 0.3) is 0 Å². The highest BCUT2D eigenvalue weighted by atomic mass is 16.2. The molecule has 2 amide bonds. The molecule has 0 aromatic rings. The number of carbonyl (C=O) groups excluding carboxylic acids is 1. The van der Waals surface area contributed by atoms with Crippen LogP contribution in [-0.2, 0) is 0 Å². The number of hydrogen-bond donors (Lipinski definition) is 2. The second-order valence-electron chi connectivity index (χ2n) is 6.16. The number of hydrogen-bond acceptors (Lipinski definition) is 3. The van der Waals surface area contributed by atoms with Crippen LogP contribution in [0.4, 0.5) is 4.79 Å². The lowest BCUT2D eigenvalue weighted by Gasteiger charge is -2.22. The first-order valence-electron chi connectivity index (χ1n) is 7.67. The van der Waals surface area contributed by atoms with Gasteiger partial charge in [0.05, 0.1) is 39.6 Å². The van der Waals surface area contributed by atoms with Gasteiger partial charge in [-0.3, -0.25) is 8.97 Å². The van der Waals surface area contributed by atoms with Crippen LogP contribution in [0, 0.1) is 0 Å². The van der Waals surface area contributed by atoms with Gasteiger partial charge in [-0.1, -0.05) is 0 Å². The monoisotopic (exact) mass is 306 g/mol. The Morgan fingerprint density at radius 3 is 1.73 bits per heavy atom. The van der Waals surface area contributed by atoms with Crippen molar-refractivity contribution in [3.63, 3.8) is 0 Å². The fourth-order valence-corrected chi connectivity index (χ4v) is 2.41. The first-order valence-corrected chi connectivity index (χ1v) is 7.67. The third-order valence-electron chi connectivity index (χ3n) is 3.85. The van der Waals surface area contributed by atoms with Crippen LogP contribution in [0.15, 0.2) is 34.8 Å². The molecule has 7 heteroatoms. The number of nitrogens with one attached hydrogen (secondary N) is 2. The summed E-state index contributed by atoms with van der Waals surface area (Å²) in [5.74, 6) is 0. The normalized spacial score (nSPS) is 28.5. The fraction of sp³-hybridized carbons (Fsp3) is 0.533. The Morgan fingerprint density at radius 1 is 0.909 bits per heavy atom. The van der Waals surface area contributed by atoms with Crippen LogP contribution in [0.5, 0.6) is 0 Å². The molecule has 0 fully saturated rings. The van der Waals surface area contributed by atoms with Crippen molar-refractivity contribution >= 4 is 18.7 Å². The van der Waals surface area contributed by atoms with Crippen LogP contribution in [0.2, 0.25) is 0 Å². The Bertz CT molecular complexity index is 440. The molecule has 2 heterocycles. The van der Waals surface area contributed by atoms with Gasteiger partial charge in [0.25, 0.3) is 0 Å². The van der Waals surface area contributed by atoms with Crippen molar-refractivity contribution in [1.82, 2.24) is 10.6 Å². The topological polar surface area (TPSA) is 65.8 Å². The quantitative estimate of drug-likeness (QED) is 0.510. The highest BCUT2D eigenvalue weighted by molar-refractivity contribution is 5.73. The predicted molar refractivity (Wildman–Crippen MR) is 88.0 cm³/mol.